The van der Waals surface area contributed by atoms with Gasteiger partial charge >= 0.3 is 0 Å². The van der Waals surface area contributed by atoms with Crippen molar-refractivity contribution in [3.05, 3.63) is 0 Å². The van der Waals surface area contributed by atoms with E-state index in [9.17, 15) is 0 Å². The second-order valence-corrected chi connectivity index (χ2v) is 8.92. The standard InChI is InChI=1S/C21H39N3/c1-2-8-19(7-1)22-13-15-23(20-9-3-4-10-20)17-18-24(16-14-22)21-11-5-6-12-21/h19-21H,1-18H2. The van der Waals surface area contributed by atoms with Crippen LogP contribution in [-0.2, 0) is 0 Å². The number of nitrogens with zero attached hydrogens (tertiary/aromatic N) is 3. The van der Waals surface area contributed by atoms with Crippen molar-refractivity contribution in [1.29, 1.82) is 0 Å². The molecule has 1 aliphatic heterocycles. The lowest BCUT2D eigenvalue weighted by atomic mass is 10.2. The molecule has 0 N–H and O–H groups in total. The predicted molar refractivity (Wildman–Crippen MR) is 101 cm³/mol. The normalized spacial score (nSPS) is 31.5. The van der Waals surface area contributed by atoms with Crippen LogP contribution in [0.1, 0.15) is 77.0 Å². The maximum absolute atomic E-state index is 2.89. The molecule has 0 amide bonds. The minimum atomic E-state index is 0.902. The van der Waals surface area contributed by atoms with E-state index < -0.39 is 0 Å². The van der Waals surface area contributed by atoms with Gasteiger partial charge in [0.25, 0.3) is 0 Å². The van der Waals surface area contributed by atoms with Crippen LogP contribution in [0.5, 0.6) is 0 Å². The lowest BCUT2D eigenvalue weighted by Gasteiger charge is -2.32. The number of rotatable bonds is 3. The summed E-state index contributed by atoms with van der Waals surface area (Å²) in [5, 5.41) is 0. The van der Waals surface area contributed by atoms with Crippen LogP contribution >= 0.6 is 0 Å². The Bertz CT molecular complexity index is 298. The zero-order valence-corrected chi connectivity index (χ0v) is 15.8. The molecule has 3 heteroatoms. The van der Waals surface area contributed by atoms with Crippen molar-refractivity contribution >= 4 is 0 Å². The molecule has 3 aliphatic carbocycles. The summed E-state index contributed by atoms with van der Waals surface area (Å²) in [4.78, 5) is 8.67. The van der Waals surface area contributed by atoms with E-state index in [0.29, 0.717) is 0 Å². The van der Waals surface area contributed by atoms with Crippen molar-refractivity contribution in [2.24, 2.45) is 0 Å². The van der Waals surface area contributed by atoms with Gasteiger partial charge in [-0.3, -0.25) is 14.7 Å². The summed E-state index contributed by atoms with van der Waals surface area (Å²) in [6.45, 7) is 8.00. The van der Waals surface area contributed by atoms with Crippen molar-refractivity contribution in [3.63, 3.8) is 0 Å². The van der Waals surface area contributed by atoms with Crippen LogP contribution in [0.3, 0.4) is 0 Å². The largest absolute Gasteiger partial charge is 0.298 e. The van der Waals surface area contributed by atoms with Crippen molar-refractivity contribution < 1.29 is 0 Å². The summed E-state index contributed by atoms with van der Waals surface area (Å²) < 4.78 is 0. The SMILES string of the molecule is C1CCC(N2CCN(C3CCCC3)CCN(C3CCCC3)CC2)C1. The van der Waals surface area contributed by atoms with E-state index in [2.05, 4.69) is 14.7 Å². The summed E-state index contributed by atoms with van der Waals surface area (Å²) >= 11 is 0. The van der Waals surface area contributed by atoms with Gasteiger partial charge in [0.1, 0.15) is 0 Å². The third-order valence-electron chi connectivity index (χ3n) is 7.55. The van der Waals surface area contributed by atoms with Crippen molar-refractivity contribution in [1.82, 2.24) is 14.7 Å². The molecule has 3 nitrogen and oxygen atoms in total. The highest BCUT2D eigenvalue weighted by molar-refractivity contribution is 4.86. The Labute approximate surface area is 149 Å². The highest BCUT2D eigenvalue weighted by Gasteiger charge is 2.30. The first-order chi connectivity index (χ1) is 11.9. The predicted octanol–water partition coefficient (Wildman–Crippen LogP) is 3.73. The lowest BCUT2D eigenvalue weighted by molar-refractivity contribution is 0.148. The molecule has 1 saturated heterocycles. The van der Waals surface area contributed by atoms with Gasteiger partial charge in [0.2, 0.25) is 0 Å². The Morgan fingerprint density at radius 1 is 0.333 bits per heavy atom. The van der Waals surface area contributed by atoms with E-state index in [-0.39, 0.29) is 0 Å². The van der Waals surface area contributed by atoms with Gasteiger partial charge in [-0.15, -0.1) is 0 Å². The fourth-order valence-electron chi connectivity index (χ4n) is 6.01. The summed E-state index contributed by atoms with van der Waals surface area (Å²) in [5.74, 6) is 0. The van der Waals surface area contributed by atoms with Crippen LogP contribution in [0.15, 0.2) is 0 Å². The van der Waals surface area contributed by atoms with Gasteiger partial charge < -0.3 is 0 Å². The number of hydrogen-bond donors (Lipinski definition) is 0. The Kier molecular flexibility index (Phi) is 6.13. The molecule has 0 unspecified atom stereocenters. The second-order valence-electron chi connectivity index (χ2n) is 8.92. The Balaban J connectivity index is 1.43. The van der Waals surface area contributed by atoms with E-state index in [1.807, 2.05) is 0 Å². The van der Waals surface area contributed by atoms with Crippen LogP contribution in [-0.4, -0.2) is 72.1 Å². The minimum Gasteiger partial charge on any atom is -0.298 e. The summed E-state index contributed by atoms with van der Waals surface area (Å²) in [5.41, 5.74) is 0. The fourth-order valence-corrected chi connectivity index (χ4v) is 6.01. The monoisotopic (exact) mass is 333 g/mol. The first kappa shape index (κ1) is 17.3. The Morgan fingerprint density at radius 2 is 0.542 bits per heavy atom. The van der Waals surface area contributed by atoms with Crippen LogP contribution in [0.25, 0.3) is 0 Å². The molecular formula is C21H39N3. The van der Waals surface area contributed by atoms with Gasteiger partial charge in [-0.05, 0) is 38.5 Å². The van der Waals surface area contributed by atoms with Gasteiger partial charge in [-0.1, -0.05) is 38.5 Å². The highest BCUT2D eigenvalue weighted by atomic mass is 15.3. The molecule has 0 aromatic carbocycles. The molecule has 0 bridgehead atoms. The average Bonchev–Trinajstić information content (AvgIpc) is 3.38. The zero-order valence-electron chi connectivity index (χ0n) is 15.8. The van der Waals surface area contributed by atoms with E-state index in [0.717, 1.165) is 18.1 Å². The molecule has 0 spiro atoms. The fraction of sp³-hybridized carbons (Fsp3) is 1.00. The maximum atomic E-state index is 2.89. The van der Waals surface area contributed by atoms with E-state index in [4.69, 9.17) is 0 Å². The molecule has 24 heavy (non-hydrogen) atoms. The maximum Gasteiger partial charge on any atom is 0.0113 e. The van der Waals surface area contributed by atoms with Gasteiger partial charge in [0.05, 0.1) is 0 Å². The average molecular weight is 334 g/mol. The van der Waals surface area contributed by atoms with Crippen LogP contribution in [0.2, 0.25) is 0 Å². The summed E-state index contributed by atoms with van der Waals surface area (Å²) in [6, 6.07) is 2.71. The van der Waals surface area contributed by atoms with E-state index in [1.54, 1.807) is 0 Å². The first-order valence-electron chi connectivity index (χ1n) is 11.1. The summed E-state index contributed by atoms with van der Waals surface area (Å²) in [6.07, 6.45) is 17.6. The second kappa shape index (κ2) is 8.51. The third kappa shape index (κ3) is 4.16. The van der Waals surface area contributed by atoms with Crippen molar-refractivity contribution in [2.45, 2.75) is 95.2 Å². The minimum absolute atomic E-state index is 0.902. The van der Waals surface area contributed by atoms with E-state index >= 15 is 0 Å². The van der Waals surface area contributed by atoms with E-state index in [1.165, 1.54) is 116 Å². The molecule has 0 radical (unpaired) electrons. The quantitative estimate of drug-likeness (QED) is 0.779. The first-order valence-corrected chi connectivity index (χ1v) is 11.1. The summed E-state index contributed by atoms with van der Waals surface area (Å²) in [7, 11) is 0. The van der Waals surface area contributed by atoms with Crippen LogP contribution in [0, 0.1) is 0 Å². The molecule has 0 aromatic heterocycles. The topological polar surface area (TPSA) is 9.72 Å². The Hall–Kier alpha value is -0.120. The smallest absolute Gasteiger partial charge is 0.0113 e. The molecule has 138 valence electrons. The van der Waals surface area contributed by atoms with Crippen LogP contribution < -0.4 is 0 Å². The molecule has 4 rings (SSSR count). The van der Waals surface area contributed by atoms with Crippen molar-refractivity contribution in [3.8, 4) is 0 Å². The molecule has 0 aromatic rings. The van der Waals surface area contributed by atoms with Gasteiger partial charge in [-0.25, -0.2) is 0 Å². The molecule has 0 atom stereocenters. The van der Waals surface area contributed by atoms with Gasteiger partial charge in [-0.2, -0.15) is 0 Å². The van der Waals surface area contributed by atoms with Gasteiger partial charge in [0, 0.05) is 57.4 Å². The lowest BCUT2D eigenvalue weighted by Crippen LogP contribution is -2.43. The van der Waals surface area contributed by atoms with Crippen LogP contribution in [0.4, 0.5) is 0 Å². The Morgan fingerprint density at radius 3 is 0.750 bits per heavy atom. The molecule has 4 fully saturated rings. The molecular weight excluding hydrogens is 294 g/mol. The zero-order chi connectivity index (χ0) is 16.2. The molecule has 3 saturated carbocycles. The highest BCUT2D eigenvalue weighted by Crippen LogP contribution is 2.28. The van der Waals surface area contributed by atoms with Gasteiger partial charge in [0.15, 0.2) is 0 Å². The number of hydrogen-bond acceptors (Lipinski definition) is 3. The molecule has 1 heterocycles. The third-order valence-corrected chi connectivity index (χ3v) is 7.55. The molecule has 4 aliphatic rings. The van der Waals surface area contributed by atoms with Crippen molar-refractivity contribution in [2.75, 3.05) is 39.3 Å².